The number of carbonyl (C=O) groups is 1. The van der Waals surface area contributed by atoms with Gasteiger partial charge in [-0.1, -0.05) is 37.3 Å². The molecule has 2 rings (SSSR count). The van der Waals surface area contributed by atoms with Crippen LogP contribution in [0.3, 0.4) is 0 Å². The first kappa shape index (κ1) is 14.3. The van der Waals surface area contributed by atoms with Gasteiger partial charge in [-0.3, -0.25) is 4.79 Å². The second kappa shape index (κ2) is 5.92. The van der Waals surface area contributed by atoms with Gasteiger partial charge in [-0.2, -0.15) is 0 Å². The number of amides is 1. The molecule has 0 fully saturated rings. The fourth-order valence-electron chi connectivity index (χ4n) is 1.88. The van der Waals surface area contributed by atoms with Crippen molar-refractivity contribution in [3.63, 3.8) is 0 Å². The highest BCUT2D eigenvalue weighted by molar-refractivity contribution is 5.86. The second-order valence-electron chi connectivity index (χ2n) is 5.10. The predicted molar refractivity (Wildman–Crippen MR) is 78.0 cm³/mol. The molecule has 4 nitrogen and oxygen atoms in total. The Kier molecular flexibility index (Phi) is 4.25. The van der Waals surface area contributed by atoms with Gasteiger partial charge in [0.05, 0.1) is 11.8 Å². The van der Waals surface area contributed by atoms with E-state index in [0.29, 0.717) is 12.2 Å². The molecule has 4 heteroatoms. The van der Waals surface area contributed by atoms with Crippen molar-refractivity contribution in [1.82, 2.24) is 5.32 Å². The minimum Gasteiger partial charge on any atom is -0.467 e. The van der Waals surface area contributed by atoms with Gasteiger partial charge in [-0.05, 0) is 31.0 Å². The molecule has 0 saturated heterocycles. The summed E-state index contributed by atoms with van der Waals surface area (Å²) >= 11 is 0. The van der Waals surface area contributed by atoms with E-state index in [1.807, 2.05) is 43.3 Å². The van der Waals surface area contributed by atoms with E-state index in [9.17, 15) is 4.79 Å². The van der Waals surface area contributed by atoms with E-state index in [4.69, 9.17) is 10.2 Å². The monoisotopic (exact) mass is 272 g/mol. The number of carbonyl (C=O) groups excluding carboxylic acids is 1. The van der Waals surface area contributed by atoms with Gasteiger partial charge >= 0.3 is 0 Å². The van der Waals surface area contributed by atoms with Crippen LogP contribution in [0.15, 0.2) is 53.1 Å². The maximum atomic E-state index is 12.3. The fourth-order valence-corrected chi connectivity index (χ4v) is 1.88. The van der Waals surface area contributed by atoms with Crippen molar-refractivity contribution in [2.45, 2.75) is 31.8 Å². The number of rotatable bonds is 5. The number of hydrogen-bond donors (Lipinski definition) is 2. The molecule has 0 aliphatic rings. The maximum Gasteiger partial charge on any atom is 0.240 e. The lowest BCUT2D eigenvalue weighted by atomic mass is 9.97. The summed E-state index contributed by atoms with van der Waals surface area (Å²) in [4.78, 5) is 12.3. The molecule has 20 heavy (non-hydrogen) atoms. The highest BCUT2D eigenvalue weighted by atomic mass is 16.3. The zero-order valence-electron chi connectivity index (χ0n) is 11.8. The van der Waals surface area contributed by atoms with E-state index in [1.165, 1.54) is 0 Å². The molecular formula is C16H20N2O2. The van der Waals surface area contributed by atoms with E-state index in [0.717, 1.165) is 5.56 Å². The average Bonchev–Trinajstić information content (AvgIpc) is 2.99. The SMILES string of the molecule is CCC(C)(N)C(=O)NC(c1ccccc1)c1ccco1. The van der Waals surface area contributed by atoms with Gasteiger partial charge < -0.3 is 15.5 Å². The molecule has 1 amide bonds. The molecule has 0 aliphatic carbocycles. The van der Waals surface area contributed by atoms with Crippen molar-refractivity contribution < 1.29 is 9.21 Å². The first-order valence-electron chi connectivity index (χ1n) is 6.73. The van der Waals surface area contributed by atoms with Crippen LogP contribution in [0.4, 0.5) is 0 Å². The molecular weight excluding hydrogens is 252 g/mol. The van der Waals surface area contributed by atoms with E-state index >= 15 is 0 Å². The van der Waals surface area contributed by atoms with Crippen LogP contribution in [-0.2, 0) is 4.79 Å². The lowest BCUT2D eigenvalue weighted by molar-refractivity contribution is -0.126. The Balaban J connectivity index is 2.28. The van der Waals surface area contributed by atoms with Gasteiger partial charge in [0.1, 0.15) is 11.8 Å². The van der Waals surface area contributed by atoms with Crippen molar-refractivity contribution >= 4 is 5.91 Å². The minimum atomic E-state index is -0.889. The lowest BCUT2D eigenvalue weighted by Crippen LogP contribution is -2.52. The molecule has 3 N–H and O–H groups in total. The van der Waals surface area contributed by atoms with Crippen LogP contribution in [0, 0.1) is 0 Å². The summed E-state index contributed by atoms with van der Waals surface area (Å²) in [6, 6.07) is 13.0. The number of benzene rings is 1. The summed E-state index contributed by atoms with van der Waals surface area (Å²) in [5, 5.41) is 2.97. The molecule has 2 unspecified atom stereocenters. The molecule has 2 aromatic rings. The van der Waals surface area contributed by atoms with Crippen molar-refractivity contribution in [3.05, 3.63) is 60.1 Å². The summed E-state index contributed by atoms with van der Waals surface area (Å²) < 4.78 is 5.44. The van der Waals surface area contributed by atoms with Crippen molar-refractivity contribution in [3.8, 4) is 0 Å². The van der Waals surface area contributed by atoms with E-state index in [1.54, 1.807) is 19.3 Å². The lowest BCUT2D eigenvalue weighted by Gasteiger charge is -2.25. The van der Waals surface area contributed by atoms with Crippen molar-refractivity contribution in [1.29, 1.82) is 0 Å². The van der Waals surface area contributed by atoms with E-state index in [2.05, 4.69) is 5.32 Å². The molecule has 0 spiro atoms. The topological polar surface area (TPSA) is 68.3 Å². The first-order valence-corrected chi connectivity index (χ1v) is 6.73. The summed E-state index contributed by atoms with van der Waals surface area (Å²) in [6.45, 7) is 3.62. The van der Waals surface area contributed by atoms with Crippen LogP contribution in [0.2, 0.25) is 0 Å². The van der Waals surface area contributed by atoms with Crippen LogP contribution in [0.5, 0.6) is 0 Å². The Hall–Kier alpha value is -2.07. The van der Waals surface area contributed by atoms with Crippen LogP contribution in [-0.4, -0.2) is 11.4 Å². The summed E-state index contributed by atoms with van der Waals surface area (Å²) in [5.74, 6) is 0.502. The normalized spacial score (nSPS) is 15.3. The Labute approximate surface area is 119 Å². The summed E-state index contributed by atoms with van der Waals surface area (Å²) in [5.41, 5.74) is 6.07. The zero-order chi connectivity index (χ0) is 14.6. The van der Waals surface area contributed by atoms with Gasteiger partial charge in [0.2, 0.25) is 5.91 Å². The molecule has 0 bridgehead atoms. The number of nitrogens with one attached hydrogen (secondary N) is 1. The molecule has 1 aromatic carbocycles. The largest absolute Gasteiger partial charge is 0.467 e. The molecule has 2 atom stereocenters. The molecule has 106 valence electrons. The number of furan rings is 1. The Morgan fingerprint density at radius 1 is 1.30 bits per heavy atom. The average molecular weight is 272 g/mol. The maximum absolute atomic E-state index is 12.3. The number of nitrogens with two attached hydrogens (primary N) is 1. The van der Waals surface area contributed by atoms with Gasteiger partial charge in [-0.15, -0.1) is 0 Å². The second-order valence-corrected chi connectivity index (χ2v) is 5.10. The van der Waals surface area contributed by atoms with Crippen molar-refractivity contribution in [2.24, 2.45) is 5.73 Å². The Morgan fingerprint density at radius 2 is 2.00 bits per heavy atom. The third-order valence-corrected chi connectivity index (χ3v) is 3.49. The van der Waals surface area contributed by atoms with Crippen LogP contribution >= 0.6 is 0 Å². The Bertz CT molecular complexity index is 547. The minimum absolute atomic E-state index is 0.190. The van der Waals surface area contributed by atoms with Gasteiger partial charge in [0, 0.05) is 0 Å². The molecule has 1 aromatic heterocycles. The molecule has 0 aliphatic heterocycles. The highest BCUT2D eigenvalue weighted by Crippen LogP contribution is 2.23. The van der Waals surface area contributed by atoms with Crippen LogP contribution < -0.4 is 11.1 Å². The fraction of sp³-hybridized carbons (Fsp3) is 0.312. The molecule has 0 saturated carbocycles. The first-order chi connectivity index (χ1) is 9.54. The van der Waals surface area contributed by atoms with E-state index < -0.39 is 5.54 Å². The number of hydrogen-bond acceptors (Lipinski definition) is 3. The van der Waals surface area contributed by atoms with Crippen molar-refractivity contribution in [2.75, 3.05) is 0 Å². The summed E-state index contributed by atoms with van der Waals surface area (Å²) in [6.07, 6.45) is 2.16. The zero-order valence-corrected chi connectivity index (χ0v) is 11.8. The highest BCUT2D eigenvalue weighted by Gasteiger charge is 2.29. The quantitative estimate of drug-likeness (QED) is 0.879. The smallest absolute Gasteiger partial charge is 0.240 e. The third-order valence-electron chi connectivity index (χ3n) is 3.49. The third kappa shape index (κ3) is 3.08. The van der Waals surface area contributed by atoms with Gasteiger partial charge in [0.15, 0.2) is 0 Å². The predicted octanol–water partition coefficient (Wildman–Crippen LogP) is 2.61. The van der Waals surface area contributed by atoms with E-state index in [-0.39, 0.29) is 11.9 Å². The molecule has 1 heterocycles. The Morgan fingerprint density at radius 3 is 2.55 bits per heavy atom. The molecule has 0 radical (unpaired) electrons. The standard InChI is InChI=1S/C16H20N2O2/c1-3-16(2,17)15(19)18-14(13-10-7-11-20-13)12-8-5-4-6-9-12/h4-11,14H,3,17H2,1-2H3,(H,18,19). The van der Waals surface area contributed by atoms with Crippen LogP contribution in [0.25, 0.3) is 0 Å². The van der Waals surface area contributed by atoms with Gasteiger partial charge in [0.25, 0.3) is 0 Å². The van der Waals surface area contributed by atoms with Crippen LogP contribution in [0.1, 0.15) is 37.6 Å². The van der Waals surface area contributed by atoms with Gasteiger partial charge in [-0.25, -0.2) is 0 Å². The summed E-state index contributed by atoms with van der Waals surface area (Å²) in [7, 11) is 0.